The van der Waals surface area contributed by atoms with Crippen molar-refractivity contribution in [1.82, 2.24) is 0 Å². The van der Waals surface area contributed by atoms with E-state index in [1.54, 1.807) is 0 Å². The highest BCUT2D eigenvalue weighted by atomic mass is 16.9. The Balaban J connectivity index is -0.00000000485. The number of hydrogen-bond donors (Lipinski definition) is 0. The van der Waals surface area contributed by atoms with Crippen LogP contribution in [0, 0.1) is 76.6 Å². The van der Waals surface area contributed by atoms with Crippen molar-refractivity contribution in [2.45, 2.75) is 0 Å². The molecule has 0 aliphatic carbocycles. The van der Waals surface area contributed by atoms with Crippen LogP contribution in [0.5, 0.6) is 0 Å². The van der Waals surface area contributed by atoms with E-state index in [2.05, 4.69) is 0 Å². The van der Waals surface area contributed by atoms with E-state index < -0.39 is 25.4 Å². The molecular weight excluding hydrogens is 518 g/mol. The Labute approximate surface area is 175 Å². The molecule has 0 spiro atoms. The second-order valence-electron chi connectivity index (χ2n) is 1.12. The quantitative estimate of drug-likeness (QED) is 0.202. The Morgan fingerprint density at radius 3 is 0.212 bits per heavy atom. The first-order valence-corrected chi connectivity index (χ1v) is 2.74. The molecule has 0 fully saturated rings. The standard InChI is InChI=1S/5NO3.13H2O/c5*2-1(3)4;;;;;;;;;;;;;/h;;;;;13*1H2/q5*-1;;;;;;;;;;;;;. The van der Waals surface area contributed by atoms with Crippen molar-refractivity contribution in [1.29, 1.82) is 0 Å². The van der Waals surface area contributed by atoms with Crippen molar-refractivity contribution < 1.29 is 96.6 Å². The normalized spacial score (nSPS) is 3.64. The van der Waals surface area contributed by atoms with Crippen molar-refractivity contribution in [3.63, 3.8) is 0 Å². The Kier molecular flexibility index (Phi) is 1040. The Bertz CT molecular complexity index is 205. The lowest BCUT2D eigenvalue weighted by molar-refractivity contribution is -0.403. The van der Waals surface area contributed by atoms with Gasteiger partial charge in [-0.2, -0.15) is 0 Å². The zero-order valence-corrected chi connectivity index (χ0v) is 14.9. The topological polar surface area (TPSA) is 740 Å². The first kappa shape index (κ1) is 196. The highest BCUT2D eigenvalue weighted by Gasteiger charge is 1.47. The Morgan fingerprint density at radius 1 is 0.212 bits per heavy atom. The number of rotatable bonds is 0. The molecule has 0 aromatic heterocycles. The Hall–Kier alpha value is -4.52. The van der Waals surface area contributed by atoms with Gasteiger partial charge < -0.3 is 148 Å². The molecular formula is H26N5O28-5. The van der Waals surface area contributed by atoms with Gasteiger partial charge in [0.25, 0.3) is 0 Å². The monoisotopic (exact) mass is 544 g/mol. The molecule has 224 valence electrons. The zero-order chi connectivity index (χ0) is 17.9. The first-order chi connectivity index (χ1) is 8.66. The maximum atomic E-state index is 8.25. The molecule has 0 heterocycles. The van der Waals surface area contributed by atoms with Crippen LogP contribution in [0.2, 0.25) is 0 Å². The van der Waals surface area contributed by atoms with Crippen molar-refractivity contribution >= 4 is 0 Å². The van der Waals surface area contributed by atoms with Gasteiger partial charge in [-0.1, -0.05) is 0 Å². The largest absolute Gasteiger partial charge is 0.412 e. The van der Waals surface area contributed by atoms with Gasteiger partial charge in [-0.15, -0.1) is 0 Å². The van der Waals surface area contributed by atoms with Gasteiger partial charge in [-0.25, -0.2) is 0 Å². The molecule has 33 nitrogen and oxygen atoms in total. The van der Waals surface area contributed by atoms with Crippen LogP contribution in [0.3, 0.4) is 0 Å². The summed E-state index contributed by atoms with van der Waals surface area (Å²) in [5, 5.41) is 73.8. The lowest BCUT2D eigenvalue weighted by Crippen LogP contribution is -1.74. The summed E-state index contributed by atoms with van der Waals surface area (Å²) in [6, 6.07) is 0. The summed E-state index contributed by atoms with van der Waals surface area (Å²) in [7, 11) is 0. The average Bonchev–Trinajstić information content (AvgIpc) is 1.94. The fraction of sp³-hybridized carbons (Fsp3) is 0. The lowest BCUT2D eigenvalue weighted by Gasteiger charge is -1.74. The smallest absolute Gasteiger partial charge is 0.0689 e. The van der Waals surface area contributed by atoms with E-state index >= 15 is 0 Å². The van der Waals surface area contributed by atoms with Gasteiger partial charge in [0.1, 0.15) is 0 Å². The summed E-state index contributed by atoms with van der Waals surface area (Å²) in [5.41, 5.74) is 0. The average molecular weight is 544 g/mol. The molecule has 0 aromatic carbocycles. The molecule has 33 heavy (non-hydrogen) atoms. The molecule has 0 unspecified atom stereocenters. The second-order valence-corrected chi connectivity index (χ2v) is 1.12. The molecule has 0 radical (unpaired) electrons. The third-order valence-corrected chi connectivity index (χ3v) is 0. The van der Waals surface area contributed by atoms with Crippen LogP contribution in [0.15, 0.2) is 0 Å². The van der Waals surface area contributed by atoms with Crippen molar-refractivity contribution in [3.8, 4) is 0 Å². The molecule has 0 atom stereocenters. The van der Waals surface area contributed by atoms with Gasteiger partial charge in [0.15, 0.2) is 0 Å². The SMILES string of the molecule is O.O.O.O.O.O.O.O.O.O.O.O.O.O=[N+]([O-])[O-].O=[N+]([O-])[O-].O=[N+]([O-])[O-].O=[N+]([O-])[O-].O=[N+]([O-])[O-]. The number of nitrogens with zero attached hydrogens (tertiary/aromatic N) is 5. The molecule has 0 bridgehead atoms. The summed E-state index contributed by atoms with van der Waals surface area (Å²) in [5.74, 6) is 0. The minimum absolute atomic E-state index is 0. The summed E-state index contributed by atoms with van der Waals surface area (Å²) in [6.45, 7) is 0. The highest BCUT2D eigenvalue weighted by Crippen LogP contribution is 1.46. The van der Waals surface area contributed by atoms with Crippen LogP contribution in [0.4, 0.5) is 0 Å². The summed E-state index contributed by atoms with van der Waals surface area (Å²) in [6.07, 6.45) is 0. The van der Waals surface area contributed by atoms with Gasteiger partial charge in [0.05, 0.1) is 25.4 Å². The summed E-state index contributed by atoms with van der Waals surface area (Å²) in [4.78, 5) is 41.2. The van der Waals surface area contributed by atoms with Crippen LogP contribution in [0.25, 0.3) is 0 Å². The third-order valence-electron chi connectivity index (χ3n) is 0. The van der Waals surface area contributed by atoms with E-state index in [4.69, 9.17) is 76.6 Å². The fourth-order valence-electron chi connectivity index (χ4n) is 0. The first-order valence-electron chi connectivity index (χ1n) is 2.74. The van der Waals surface area contributed by atoms with Gasteiger partial charge in [0, 0.05) is 0 Å². The van der Waals surface area contributed by atoms with Crippen molar-refractivity contribution in [2.24, 2.45) is 0 Å². The molecule has 0 aliphatic heterocycles. The number of hydrogen-bond acceptors (Lipinski definition) is 15. The van der Waals surface area contributed by atoms with E-state index in [-0.39, 0.29) is 71.2 Å². The van der Waals surface area contributed by atoms with Crippen molar-refractivity contribution in [3.05, 3.63) is 76.6 Å². The minimum Gasteiger partial charge on any atom is -0.412 e. The summed E-state index contributed by atoms with van der Waals surface area (Å²) >= 11 is 0. The van der Waals surface area contributed by atoms with Gasteiger partial charge in [-0.3, -0.25) is 0 Å². The molecule has 0 saturated heterocycles. The lowest BCUT2D eigenvalue weighted by atomic mass is 13.1. The van der Waals surface area contributed by atoms with Crippen LogP contribution in [-0.4, -0.2) is 96.6 Å². The van der Waals surface area contributed by atoms with Crippen LogP contribution < -0.4 is 0 Å². The van der Waals surface area contributed by atoms with E-state index in [0.29, 0.717) is 0 Å². The fourth-order valence-corrected chi connectivity index (χ4v) is 0. The molecule has 0 aromatic rings. The van der Waals surface area contributed by atoms with E-state index in [1.165, 1.54) is 0 Å². The van der Waals surface area contributed by atoms with Gasteiger partial charge in [0.2, 0.25) is 0 Å². The predicted octanol–water partition coefficient (Wildman–Crippen LogP) is -11.9. The zero-order valence-electron chi connectivity index (χ0n) is 14.9. The molecule has 33 heteroatoms. The van der Waals surface area contributed by atoms with E-state index in [9.17, 15) is 0 Å². The van der Waals surface area contributed by atoms with Crippen LogP contribution in [0.1, 0.15) is 0 Å². The minimum atomic E-state index is -1.75. The third kappa shape index (κ3) is 873. The van der Waals surface area contributed by atoms with Crippen LogP contribution in [-0.2, 0) is 0 Å². The van der Waals surface area contributed by atoms with Crippen LogP contribution >= 0.6 is 0 Å². The molecule has 26 N–H and O–H groups in total. The summed E-state index contributed by atoms with van der Waals surface area (Å²) < 4.78 is 0. The second kappa shape index (κ2) is 175. The Morgan fingerprint density at radius 2 is 0.212 bits per heavy atom. The highest BCUT2D eigenvalue weighted by molar-refractivity contribution is 4.05. The molecule has 0 aliphatic rings. The molecule has 0 amide bonds. The van der Waals surface area contributed by atoms with Crippen molar-refractivity contribution in [2.75, 3.05) is 0 Å². The van der Waals surface area contributed by atoms with Gasteiger partial charge >= 0.3 is 0 Å². The molecule has 0 rings (SSSR count). The maximum absolute atomic E-state index is 8.25. The van der Waals surface area contributed by atoms with E-state index in [0.717, 1.165) is 0 Å². The molecule has 0 saturated carbocycles. The van der Waals surface area contributed by atoms with E-state index in [1.807, 2.05) is 0 Å². The van der Waals surface area contributed by atoms with Gasteiger partial charge in [-0.05, 0) is 0 Å². The maximum Gasteiger partial charge on any atom is 0.0689 e. The predicted molar refractivity (Wildman–Crippen MR) is 98.8 cm³/mol.